The molecule has 0 aromatic heterocycles. The van der Waals surface area contributed by atoms with E-state index in [1.165, 1.54) is 17.5 Å². The molecule has 1 saturated heterocycles. The van der Waals surface area contributed by atoms with Crippen LogP contribution in [0.15, 0.2) is 29.3 Å². The number of aryl methyl sites for hydroxylation is 1. The van der Waals surface area contributed by atoms with Gasteiger partial charge in [-0.2, -0.15) is 0 Å². The molecule has 1 fully saturated rings. The van der Waals surface area contributed by atoms with Crippen LogP contribution >= 0.6 is 0 Å². The summed E-state index contributed by atoms with van der Waals surface area (Å²) in [7, 11) is 0. The summed E-state index contributed by atoms with van der Waals surface area (Å²) in [6.07, 6.45) is 2.64. The standard InChI is InChI=1S/C16H25N3O/c1-3-17-16(19-12-15-5-4-10-20-15)18-11-14-8-6-13(2)7-9-14/h6-9,15H,3-5,10-12H2,1-2H3,(H2,17,18,19). The van der Waals surface area contributed by atoms with Crippen molar-refractivity contribution < 1.29 is 4.74 Å². The highest BCUT2D eigenvalue weighted by Crippen LogP contribution is 2.10. The van der Waals surface area contributed by atoms with Gasteiger partial charge in [-0.3, -0.25) is 0 Å². The summed E-state index contributed by atoms with van der Waals surface area (Å²) in [5.74, 6) is 0.864. The summed E-state index contributed by atoms with van der Waals surface area (Å²) in [4.78, 5) is 4.61. The Bertz CT molecular complexity index is 422. The summed E-state index contributed by atoms with van der Waals surface area (Å²) < 4.78 is 5.61. The predicted molar refractivity (Wildman–Crippen MR) is 83.0 cm³/mol. The number of hydrogen-bond donors (Lipinski definition) is 2. The zero-order chi connectivity index (χ0) is 14.2. The van der Waals surface area contributed by atoms with Gasteiger partial charge in [-0.25, -0.2) is 4.99 Å². The minimum atomic E-state index is 0.332. The van der Waals surface area contributed by atoms with E-state index in [1.54, 1.807) is 0 Å². The molecule has 1 heterocycles. The van der Waals surface area contributed by atoms with Crippen molar-refractivity contribution in [3.63, 3.8) is 0 Å². The predicted octanol–water partition coefficient (Wildman–Crippen LogP) is 2.23. The molecule has 0 amide bonds. The van der Waals surface area contributed by atoms with Crippen molar-refractivity contribution >= 4 is 5.96 Å². The van der Waals surface area contributed by atoms with E-state index in [1.807, 2.05) is 0 Å². The number of rotatable bonds is 5. The molecule has 110 valence electrons. The molecule has 4 heteroatoms. The third kappa shape index (κ3) is 4.85. The quantitative estimate of drug-likeness (QED) is 0.640. The minimum absolute atomic E-state index is 0.332. The highest BCUT2D eigenvalue weighted by Gasteiger charge is 2.15. The molecule has 1 aliphatic rings. The maximum Gasteiger partial charge on any atom is 0.191 e. The van der Waals surface area contributed by atoms with Gasteiger partial charge in [0.05, 0.1) is 12.6 Å². The Kier molecular flexibility index (Phi) is 5.87. The highest BCUT2D eigenvalue weighted by atomic mass is 16.5. The number of benzene rings is 1. The molecule has 4 nitrogen and oxygen atoms in total. The van der Waals surface area contributed by atoms with E-state index in [9.17, 15) is 0 Å². The average Bonchev–Trinajstić information content (AvgIpc) is 2.97. The van der Waals surface area contributed by atoms with Gasteiger partial charge in [0.1, 0.15) is 0 Å². The molecule has 2 rings (SSSR count). The van der Waals surface area contributed by atoms with Crippen molar-refractivity contribution in [3.05, 3.63) is 35.4 Å². The van der Waals surface area contributed by atoms with Gasteiger partial charge in [0.15, 0.2) is 5.96 Å². The number of guanidine groups is 1. The van der Waals surface area contributed by atoms with E-state index in [0.29, 0.717) is 12.6 Å². The van der Waals surface area contributed by atoms with Crippen LogP contribution in [0.4, 0.5) is 0 Å². The van der Waals surface area contributed by atoms with E-state index >= 15 is 0 Å². The monoisotopic (exact) mass is 275 g/mol. The van der Waals surface area contributed by atoms with Gasteiger partial charge in [-0.1, -0.05) is 29.8 Å². The van der Waals surface area contributed by atoms with Crippen molar-refractivity contribution in [1.82, 2.24) is 10.6 Å². The summed E-state index contributed by atoms with van der Waals surface area (Å²) in [5, 5.41) is 6.63. The lowest BCUT2D eigenvalue weighted by Crippen LogP contribution is -2.41. The Labute approximate surface area is 121 Å². The van der Waals surface area contributed by atoms with Crippen LogP contribution in [0.1, 0.15) is 30.9 Å². The second kappa shape index (κ2) is 7.90. The molecule has 0 radical (unpaired) electrons. The topological polar surface area (TPSA) is 45.7 Å². The first-order chi connectivity index (χ1) is 9.78. The Morgan fingerprint density at radius 2 is 2.10 bits per heavy atom. The van der Waals surface area contributed by atoms with Crippen LogP contribution in [0, 0.1) is 6.92 Å². The number of aliphatic imine (C=N–C) groups is 1. The number of nitrogens with zero attached hydrogens (tertiary/aromatic N) is 1. The molecule has 1 atom stereocenters. The van der Waals surface area contributed by atoms with Crippen LogP contribution in [0.3, 0.4) is 0 Å². The molecule has 1 aromatic carbocycles. The van der Waals surface area contributed by atoms with Gasteiger partial charge < -0.3 is 15.4 Å². The Balaban J connectivity index is 1.85. The zero-order valence-corrected chi connectivity index (χ0v) is 12.5. The van der Waals surface area contributed by atoms with Crippen LogP contribution in [0.25, 0.3) is 0 Å². The first-order valence-electron chi connectivity index (χ1n) is 7.47. The zero-order valence-electron chi connectivity index (χ0n) is 12.5. The van der Waals surface area contributed by atoms with Crippen molar-refractivity contribution in [3.8, 4) is 0 Å². The molecule has 1 aromatic rings. The molecular formula is C16H25N3O. The number of nitrogens with one attached hydrogen (secondary N) is 2. The Morgan fingerprint density at radius 3 is 2.75 bits per heavy atom. The summed E-state index contributed by atoms with van der Waals surface area (Å²) >= 11 is 0. The minimum Gasteiger partial charge on any atom is -0.376 e. The molecule has 0 aliphatic carbocycles. The largest absolute Gasteiger partial charge is 0.376 e. The third-order valence-corrected chi connectivity index (χ3v) is 3.41. The van der Waals surface area contributed by atoms with E-state index in [2.05, 4.69) is 53.7 Å². The fourth-order valence-corrected chi connectivity index (χ4v) is 2.22. The van der Waals surface area contributed by atoms with Gasteiger partial charge in [0, 0.05) is 19.7 Å². The molecular weight excluding hydrogens is 250 g/mol. The van der Waals surface area contributed by atoms with E-state index in [0.717, 1.165) is 32.1 Å². The lowest BCUT2D eigenvalue weighted by molar-refractivity contribution is 0.114. The molecule has 0 bridgehead atoms. The van der Waals surface area contributed by atoms with E-state index in [-0.39, 0.29) is 0 Å². The summed E-state index contributed by atoms with van der Waals surface area (Å²) in [6.45, 7) is 7.46. The van der Waals surface area contributed by atoms with Crippen molar-refractivity contribution in [2.75, 3.05) is 19.7 Å². The number of hydrogen-bond acceptors (Lipinski definition) is 2. The first-order valence-corrected chi connectivity index (χ1v) is 7.47. The second-order valence-corrected chi connectivity index (χ2v) is 5.20. The van der Waals surface area contributed by atoms with Crippen molar-refractivity contribution in [2.24, 2.45) is 4.99 Å². The Morgan fingerprint density at radius 1 is 1.30 bits per heavy atom. The van der Waals surface area contributed by atoms with Crippen LogP contribution in [-0.2, 0) is 11.3 Å². The second-order valence-electron chi connectivity index (χ2n) is 5.20. The van der Waals surface area contributed by atoms with Crippen LogP contribution in [0.5, 0.6) is 0 Å². The normalized spacial score (nSPS) is 19.1. The van der Waals surface area contributed by atoms with Gasteiger partial charge >= 0.3 is 0 Å². The molecule has 1 unspecified atom stereocenters. The molecule has 20 heavy (non-hydrogen) atoms. The molecule has 2 N–H and O–H groups in total. The van der Waals surface area contributed by atoms with Gasteiger partial charge in [0.25, 0.3) is 0 Å². The van der Waals surface area contributed by atoms with Crippen LogP contribution < -0.4 is 10.6 Å². The van der Waals surface area contributed by atoms with Gasteiger partial charge in [-0.05, 0) is 32.3 Å². The van der Waals surface area contributed by atoms with E-state index in [4.69, 9.17) is 4.74 Å². The highest BCUT2D eigenvalue weighted by molar-refractivity contribution is 5.79. The van der Waals surface area contributed by atoms with Crippen LogP contribution in [-0.4, -0.2) is 31.8 Å². The summed E-state index contributed by atoms with van der Waals surface area (Å²) in [5.41, 5.74) is 2.51. The fourth-order valence-electron chi connectivity index (χ4n) is 2.22. The SMILES string of the molecule is CCNC(=NCc1ccc(C)cc1)NCC1CCCO1. The fraction of sp³-hybridized carbons (Fsp3) is 0.562. The average molecular weight is 275 g/mol. The maximum absolute atomic E-state index is 5.61. The van der Waals surface area contributed by atoms with Gasteiger partial charge in [0.2, 0.25) is 0 Å². The summed E-state index contributed by atoms with van der Waals surface area (Å²) in [6, 6.07) is 8.50. The molecule has 0 saturated carbocycles. The lowest BCUT2D eigenvalue weighted by atomic mass is 10.1. The van der Waals surface area contributed by atoms with Crippen LogP contribution in [0.2, 0.25) is 0 Å². The molecule has 1 aliphatic heterocycles. The van der Waals surface area contributed by atoms with Gasteiger partial charge in [-0.15, -0.1) is 0 Å². The van der Waals surface area contributed by atoms with Crippen molar-refractivity contribution in [1.29, 1.82) is 0 Å². The van der Waals surface area contributed by atoms with E-state index < -0.39 is 0 Å². The molecule has 0 spiro atoms. The lowest BCUT2D eigenvalue weighted by Gasteiger charge is -2.14. The van der Waals surface area contributed by atoms with Crippen molar-refractivity contribution in [2.45, 2.75) is 39.3 Å². The smallest absolute Gasteiger partial charge is 0.191 e. The maximum atomic E-state index is 5.61. The Hall–Kier alpha value is -1.55. The first kappa shape index (κ1) is 14.9. The third-order valence-electron chi connectivity index (χ3n) is 3.41. The number of ether oxygens (including phenoxy) is 1.